The van der Waals surface area contributed by atoms with Crippen LogP contribution in [0.1, 0.15) is 39.3 Å². The van der Waals surface area contributed by atoms with Crippen molar-refractivity contribution in [3.8, 4) is 0 Å². The highest BCUT2D eigenvalue weighted by Crippen LogP contribution is 2.43. The number of rotatable bonds is 6. The van der Waals surface area contributed by atoms with E-state index in [4.69, 9.17) is 14.2 Å². The summed E-state index contributed by atoms with van der Waals surface area (Å²) in [5, 5.41) is 0. The second kappa shape index (κ2) is 8.78. The van der Waals surface area contributed by atoms with Crippen molar-refractivity contribution < 1.29 is 28.6 Å². The highest BCUT2D eigenvalue weighted by atomic mass is 16.6. The van der Waals surface area contributed by atoms with Crippen molar-refractivity contribution in [1.29, 1.82) is 0 Å². The van der Waals surface area contributed by atoms with E-state index in [0.29, 0.717) is 0 Å². The monoisotopic (exact) mass is 401 g/mol. The molecule has 1 aromatic rings. The van der Waals surface area contributed by atoms with Gasteiger partial charge in [0.1, 0.15) is 12.1 Å². The lowest BCUT2D eigenvalue weighted by atomic mass is 9.89. The molecule has 7 heteroatoms. The molecule has 0 spiro atoms. The Hall–Kier alpha value is -2.67. The Balaban J connectivity index is 2.09. The third kappa shape index (κ3) is 3.92. The first-order valence-electron chi connectivity index (χ1n) is 9.99. The highest BCUT2D eigenvalue weighted by Gasteiger charge is 2.54. The summed E-state index contributed by atoms with van der Waals surface area (Å²) < 4.78 is 16.1. The van der Waals surface area contributed by atoms with Crippen LogP contribution in [0.25, 0.3) is 0 Å². The zero-order valence-electron chi connectivity index (χ0n) is 17.2. The maximum atomic E-state index is 13.0. The molecule has 1 aromatic carbocycles. The molecule has 2 aliphatic heterocycles. The van der Waals surface area contributed by atoms with E-state index < -0.39 is 30.1 Å². The van der Waals surface area contributed by atoms with Gasteiger partial charge >= 0.3 is 17.9 Å². The van der Waals surface area contributed by atoms with Gasteiger partial charge in [-0.25, -0.2) is 14.4 Å². The van der Waals surface area contributed by atoms with Crippen molar-refractivity contribution in [3.05, 3.63) is 47.0 Å². The minimum Gasteiger partial charge on any atom is -0.463 e. The molecule has 7 nitrogen and oxygen atoms in total. The molecule has 2 heterocycles. The topological polar surface area (TPSA) is 82.1 Å². The predicted molar refractivity (Wildman–Crippen MR) is 105 cm³/mol. The molecule has 0 radical (unpaired) electrons. The van der Waals surface area contributed by atoms with Crippen LogP contribution in [-0.4, -0.2) is 54.7 Å². The summed E-state index contributed by atoms with van der Waals surface area (Å²) in [5.41, 5.74) is 1.15. The maximum absolute atomic E-state index is 13.0. The minimum absolute atomic E-state index is 0.0263. The van der Waals surface area contributed by atoms with Crippen molar-refractivity contribution in [2.45, 2.75) is 45.9 Å². The molecule has 3 atom stereocenters. The zero-order valence-corrected chi connectivity index (χ0v) is 17.2. The first-order chi connectivity index (χ1) is 13.9. The Kier molecular flexibility index (Phi) is 6.37. The highest BCUT2D eigenvalue weighted by molar-refractivity contribution is 6.07. The zero-order chi connectivity index (χ0) is 21.1. The van der Waals surface area contributed by atoms with E-state index in [2.05, 4.69) is 0 Å². The van der Waals surface area contributed by atoms with E-state index in [1.165, 1.54) is 0 Å². The van der Waals surface area contributed by atoms with Gasteiger partial charge < -0.3 is 14.2 Å². The molecule has 0 saturated carbocycles. The van der Waals surface area contributed by atoms with E-state index in [0.717, 1.165) is 5.56 Å². The van der Waals surface area contributed by atoms with E-state index in [1.54, 1.807) is 13.8 Å². The van der Waals surface area contributed by atoms with Crippen LogP contribution < -0.4 is 0 Å². The molecule has 0 N–H and O–H groups in total. The molecule has 0 bridgehead atoms. The normalized spacial score (nSPS) is 24.3. The van der Waals surface area contributed by atoms with Gasteiger partial charge in [0.05, 0.1) is 30.4 Å². The van der Waals surface area contributed by atoms with Gasteiger partial charge in [-0.05, 0) is 25.3 Å². The summed E-state index contributed by atoms with van der Waals surface area (Å²) in [6, 6.07) is 8.38. The van der Waals surface area contributed by atoms with E-state index in [-0.39, 0.29) is 42.9 Å². The van der Waals surface area contributed by atoms with Gasteiger partial charge in [-0.15, -0.1) is 0 Å². The number of benzene rings is 1. The lowest BCUT2D eigenvalue weighted by Gasteiger charge is -2.44. The molecule has 2 aliphatic rings. The molecular weight excluding hydrogens is 374 g/mol. The fraction of sp³-hybridized carbons (Fsp3) is 0.500. The van der Waals surface area contributed by atoms with E-state index >= 15 is 0 Å². The van der Waals surface area contributed by atoms with Crippen LogP contribution in [-0.2, 0) is 28.6 Å². The number of carbonyl (C=O) groups excluding carboxylic acids is 3. The number of hydrogen-bond acceptors (Lipinski definition) is 7. The van der Waals surface area contributed by atoms with Gasteiger partial charge in [0.2, 0.25) is 0 Å². The third-order valence-electron chi connectivity index (χ3n) is 5.23. The van der Waals surface area contributed by atoms with Crippen LogP contribution in [0.15, 0.2) is 41.5 Å². The molecule has 1 saturated heterocycles. The van der Waals surface area contributed by atoms with Crippen LogP contribution in [0.3, 0.4) is 0 Å². The summed E-state index contributed by atoms with van der Waals surface area (Å²) >= 11 is 0. The molecule has 29 heavy (non-hydrogen) atoms. The van der Waals surface area contributed by atoms with Crippen LogP contribution in [0.4, 0.5) is 0 Å². The Labute approximate surface area is 170 Å². The van der Waals surface area contributed by atoms with Gasteiger partial charge in [0.15, 0.2) is 0 Å². The molecule has 0 aliphatic carbocycles. The summed E-state index contributed by atoms with van der Waals surface area (Å²) in [4.78, 5) is 40.1. The quantitative estimate of drug-likeness (QED) is 0.535. The second-order valence-electron chi connectivity index (χ2n) is 7.41. The van der Waals surface area contributed by atoms with Crippen molar-refractivity contribution in [2.24, 2.45) is 5.92 Å². The van der Waals surface area contributed by atoms with Crippen molar-refractivity contribution in [1.82, 2.24) is 4.90 Å². The summed E-state index contributed by atoms with van der Waals surface area (Å²) in [6.45, 7) is 7.76. The molecule has 0 aromatic heterocycles. The Morgan fingerprint density at radius 1 is 1.10 bits per heavy atom. The standard InChI is InChI=1S/C22H27NO6/c1-5-27-20(24)15-12-23-17(14-10-8-7-9-11-14)19(13(3)4)29-22(26)18(23)16(15)21(25)28-6-2/h7-11,13,17-19H,5-6,12H2,1-4H3/t17-,18-,19+/m1/s1. The van der Waals surface area contributed by atoms with Crippen LogP contribution in [0.2, 0.25) is 0 Å². The number of carbonyl (C=O) groups is 3. The smallest absolute Gasteiger partial charge is 0.336 e. The molecule has 0 amide bonds. The van der Waals surface area contributed by atoms with Gasteiger partial charge in [-0.3, -0.25) is 4.90 Å². The number of ether oxygens (including phenoxy) is 3. The fourth-order valence-corrected chi connectivity index (χ4v) is 4.02. The average molecular weight is 401 g/mol. The number of nitrogens with zero attached hydrogens (tertiary/aromatic N) is 1. The van der Waals surface area contributed by atoms with Gasteiger partial charge in [-0.1, -0.05) is 44.2 Å². The van der Waals surface area contributed by atoms with Crippen LogP contribution in [0, 0.1) is 5.92 Å². The first kappa shape index (κ1) is 21.0. The van der Waals surface area contributed by atoms with Gasteiger partial charge in [0.25, 0.3) is 0 Å². The number of fused-ring (bicyclic) bond motifs is 1. The molecule has 156 valence electrons. The van der Waals surface area contributed by atoms with Crippen molar-refractivity contribution >= 4 is 17.9 Å². The molecular formula is C22H27NO6. The Bertz CT molecular complexity index is 816. The fourth-order valence-electron chi connectivity index (χ4n) is 4.02. The van der Waals surface area contributed by atoms with Crippen LogP contribution in [0.5, 0.6) is 0 Å². The lowest BCUT2D eigenvalue weighted by Crippen LogP contribution is -2.55. The minimum atomic E-state index is -0.992. The second-order valence-corrected chi connectivity index (χ2v) is 7.41. The SMILES string of the molecule is CCOC(=O)C1=C(C(=O)OCC)[C@@H]2C(=O)O[C@@H](C(C)C)[C@@H](c3ccccc3)N2C1. The summed E-state index contributed by atoms with van der Waals surface area (Å²) in [5.74, 6) is -1.79. The number of hydrogen-bond donors (Lipinski definition) is 0. The molecule has 1 fully saturated rings. The Morgan fingerprint density at radius 2 is 1.72 bits per heavy atom. The number of esters is 3. The summed E-state index contributed by atoms with van der Waals surface area (Å²) in [7, 11) is 0. The first-order valence-corrected chi connectivity index (χ1v) is 9.99. The third-order valence-corrected chi connectivity index (χ3v) is 5.23. The van der Waals surface area contributed by atoms with Gasteiger partial charge in [-0.2, -0.15) is 0 Å². The van der Waals surface area contributed by atoms with Crippen LogP contribution >= 0.6 is 0 Å². The van der Waals surface area contributed by atoms with Gasteiger partial charge in [0, 0.05) is 6.54 Å². The average Bonchev–Trinajstić information content (AvgIpc) is 3.10. The lowest BCUT2D eigenvalue weighted by molar-refractivity contribution is -0.175. The van der Waals surface area contributed by atoms with Crippen molar-refractivity contribution in [3.63, 3.8) is 0 Å². The van der Waals surface area contributed by atoms with Crippen molar-refractivity contribution in [2.75, 3.05) is 19.8 Å². The number of cyclic esters (lactones) is 1. The molecule has 3 rings (SSSR count). The largest absolute Gasteiger partial charge is 0.463 e. The van der Waals surface area contributed by atoms with E-state index in [9.17, 15) is 14.4 Å². The maximum Gasteiger partial charge on any atom is 0.336 e. The molecule has 0 unspecified atom stereocenters. The summed E-state index contributed by atoms with van der Waals surface area (Å²) in [6.07, 6.45) is -0.411. The van der Waals surface area contributed by atoms with E-state index in [1.807, 2.05) is 49.1 Å². The predicted octanol–water partition coefficient (Wildman–Crippen LogP) is 2.42. The Morgan fingerprint density at radius 3 is 2.31 bits per heavy atom. The number of morpholine rings is 1.